The van der Waals surface area contributed by atoms with Crippen LogP contribution >= 0.6 is 0 Å². The van der Waals surface area contributed by atoms with Crippen molar-refractivity contribution >= 4 is 10.8 Å². The highest BCUT2D eigenvalue weighted by Crippen LogP contribution is 2.11. The molecule has 0 saturated carbocycles. The number of rotatable bonds is 6. The quantitative estimate of drug-likeness (QED) is 0.766. The summed E-state index contributed by atoms with van der Waals surface area (Å²) in [5, 5.41) is 2.62. The summed E-state index contributed by atoms with van der Waals surface area (Å²) in [6, 6.07) is 16.7. The molecule has 0 bridgehead atoms. The second-order valence-electron chi connectivity index (χ2n) is 5.08. The van der Waals surface area contributed by atoms with Crippen molar-refractivity contribution in [1.82, 2.24) is 4.90 Å². The Labute approximate surface area is 137 Å². The van der Waals surface area contributed by atoms with Crippen molar-refractivity contribution in [3.8, 4) is 0 Å². The Morgan fingerprint density at radius 3 is 1.45 bits per heavy atom. The van der Waals surface area contributed by atoms with E-state index in [1.807, 2.05) is 0 Å². The summed E-state index contributed by atoms with van der Waals surface area (Å²) in [6.45, 7) is 10.4. The first kappa shape index (κ1) is 20.6. The molecule has 0 spiro atoms. The normalized spacial score (nSPS) is 9.73. The first-order valence-corrected chi connectivity index (χ1v) is 8.55. The molecule has 0 unspecified atom stereocenters. The number of fused-ring (bicyclic) bond motifs is 1. The lowest BCUT2D eigenvalue weighted by Crippen LogP contribution is -2.23. The number of nitrogens with zero attached hydrogens (tertiary/aromatic N) is 1. The van der Waals surface area contributed by atoms with E-state index in [1.54, 1.807) is 0 Å². The third-order valence-electron chi connectivity index (χ3n) is 3.63. The molecule has 0 aliphatic carbocycles. The van der Waals surface area contributed by atoms with Crippen LogP contribution in [-0.2, 0) is 0 Å². The zero-order valence-corrected chi connectivity index (χ0v) is 14.9. The summed E-state index contributed by atoms with van der Waals surface area (Å²) in [5.74, 6) is 0. The lowest BCUT2D eigenvalue weighted by molar-refractivity contribution is 0.296. The third kappa shape index (κ3) is 8.81. The predicted octanol–water partition coefficient (Wildman–Crippen LogP) is 4.93. The molecule has 0 heterocycles. The van der Waals surface area contributed by atoms with Gasteiger partial charge in [0.05, 0.1) is 0 Å². The summed E-state index contributed by atoms with van der Waals surface area (Å²) in [6.07, 6.45) is 4.09. The van der Waals surface area contributed by atoms with Crippen molar-refractivity contribution in [1.29, 1.82) is 0 Å². The number of unbranched alkanes of at least 4 members (excludes halogenated alkanes) is 2. The fourth-order valence-electron chi connectivity index (χ4n) is 2.26. The van der Waals surface area contributed by atoms with Gasteiger partial charge in [-0.1, -0.05) is 82.1 Å². The van der Waals surface area contributed by atoms with Crippen molar-refractivity contribution < 1.29 is 0 Å². The molecule has 2 aromatic carbocycles. The van der Waals surface area contributed by atoms with Crippen LogP contribution in [0.4, 0.5) is 0 Å². The fraction of sp³-hybridized carbons (Fsp3) is 0.500. The van der Waals surface area contributed by atoms with Gasteiger partial charge in [0.15, 0.2) is 0 Å². The second kappa shape index (κ2) is 14.6. The van der Waals surface area contributed by atoms with Gasteiger partial charge in [0, 0.05) is 0 Å². The van der Waals surface area contributed by atoms with Crippen LogP contribution in [0.2, 0.25) is 0 Å². The van der Waals surface area contributed by atoms with Gasteiger partial charge in [0.25, 0.3) is 0 Å². The van der Waals surface area contributed by atoms with Crippen LogP contribution < -0.4 is 5.73 Å². The summed E-state index contributed by atoms with van der Waals surface area (Å²) in [7, 11) is 1.50. The molecule has 0 amide bonds. The summed E-state index contributed by atoms with van der Waals surface area (Å²) in [4.78, 5) is 2.48. The number of hydrogen-bond donors (Lipinski definition) is 1. The van der Waals surface area contributed by atoms with Crippen molar-refractivity contribution in [2.24, 2.45) is 5.73 Å². The lowest BCUT2D eigenvalue weighted by Gasteiger charge is -2.16. The van der Waals surface area contributed by atoms with Gasteiger partial charge in [0.2, 0.25) is 0 Å². The first-order chi connectivity index (χ1) is 10.8. The van der Waals surface area contributed by atoms with Crippen LogP contribution in [0.1, 0.15) is 40.0 Å². The highest BCUT2D eigenvalue weighted by atomic mass is 15.1. The van der Waals surface area contributed by atoms with Crippen molar-refractivity contribution in [3.05, 3.63) is 48.5 Å². The Morgan fingerprint density at radius 1 is 0.727 bits per heavy atom. The van der Waals surface area contributed by atoms with E-state index >= 15 is 0 Å². The molecule has 0 saturated heterocycles. The number of hydrogen-bond acceptors (Lipinski definition) is 2. The van der Waals surface area contributed by atoms with Crippen LogP contribution in [-0.4, -0.2) is 31.6 Å². The maximum Gasteiger partial charge on any atom is -0.00190 e. The Bertz CT molecular complexity index is 398. The van der Waals surface area contributed by atoms with E-state index in [-0.39, 0.29) is 0 Å². The van der Waals surface area contributed by atoms with Crippen molar-refractivity contribution in [3.63, 3.8) is 0 Å². The van der Waals surface area contributed by atoms with Gasteiger partial charge in [-0.05, 0) is 43.9 Å². The standard InChI is InChI=1S/C10H8.C9H21N.CH5N/c1-2-6-10-8-4-3-7-9(10)5-1;1-4-7-8-9-10(5-2)6-3;1-2/h1-8H;4-9H2,1-3H3;2H2,1H3. The SMILES string of the molecule is CCCCCN(CC)CC.CN.c1ccc2ccccc2c1. The Morgan fingerprint density at radius 2 is 1.14 bits per heavy atom. The van der Waals surface area contributed by atoms with Gasteiger partial charge >= 0.3 is 0 Å². The minimum absolute atomic E-state index is 1.21. The smallest absolute Gasteiger partial charge is 0.00190 e. The predicted molar refractivity (Wildman–Crippen MR) is 101 cm³/mol. The summed E-state index contributed by atoms with van der Waals surface area (Å²) < 4.78 is 0. The van der Waals surface area contributed by atoms with Gasteiger partial charge in [-0.2, -0.15) is 0 Å². The van der Waals surface area contributed by atoms with Gasteiger partial charge in [-0.25, -0.2) is 0 Å². The average molecular weight is 303 g/mol. The number of nitrogens with two attached hydrogens (primary N) is 1. The molecule has 2 rings (SSSR count). The average Bonchev–Trinajstić information content (AvgIpc) is 2.61. The minimum Gasteiger partial charge on any atom is -0.333 e. The molecule has 124 valence electrons. The van der Waals surface area contributed by atoms with Crippen LogP contribution in [0.3, 0.4) is 0 Å². The van der Waals surface area contributed by atoms with E-state index in [2.05, 4.69) is 79.9 Å². The van der Waals surface area contributed by atoms with Crippen LogP contribution in [0.5, 0.6) is 0 Å². The van der Waals surface area contributed by atoms with Crippen LogP contribution in [0, 0.1) is 0 Å². The zero-order chi connectivity index (χ0) is 16.6. The maximum absolute atomic E-state index is 4.50. The molecule has 0 atom stereocenters. The molecule has 0 aromatic heterocycles. The van der Waals surface area contributed by atoms with E-state index < -0.39 is 0 Å². The second-order valence-corrected chi connectivity index (χ2v) is 5.08. The Kier molecular flexibility index (Phi) is 13.6. The Balaban J connectivity index is 0.000000360. The third-order valence-corrected chi connectivity index (χ3v) is 3.63. The largest absolute Gasteiger partial charge is 0.333 e. The van der Waals surface area contributed by atoms with Crippen LogP contribution in [0.25, 0.3) is 10.8 Å². The molecule has 2 N–H and O–H groups in total. The molecule has 0 fully saturated rings. The molecule has 0 aliphatic rings. The maximum atomic E-state index is 4.50. The molecular formula is C20H34N2. The first-order valence-electron chi connectivity index (χ1n) is 8.55. The highest BCUT2D eigenvalue weighted by Gasteiger charge is 1.95. The van der Waals surface area contributed by atoms with E-state index in [0.29, 0.717) is 0 Å². The van der Waals surface area contributed by atoms with Gasteiger partial charge in [-0.3, -0.25) is 0 Å². The lowest BCUT2D eigenvalue weighted by atomic mass is 10.1. The zero-order valence-electron chi connectivity index (χ0n) is 14.9. The fourth-order valence-corrected chi connectivity index (χ4v) is 2.26. The van der Waals surface area contributed by atoms with Crippen molar-refractivity contribution in [2.75, 3.05) is 26.7 Å². The molecule has 0 radical (unpaired) electrons. The highest BCUT2D eigenvalue weighted by molar-refractivity contribution is 5.81. The van der Waals surface area contributed by atoms with Gasteiger partial charge in [-0.15, -0.1) is 0 Å². The van der Waals surface area contributed by atoms with Gasteiger partial charge < -0.3 is 10.6 Å². The van der Waals surface area contributed by atoms with E-state index in [1.165, 1.54) is 56.7 Å². The number of benzene rings is 2. The van der Waals surface area contributed by atoms with Gasteiger partial charge in [0.1, 0.15) is 0 Å². The molecule has 2 heteroatoms. The van der Waals surface area contributed by atoms with E-state index in [0.717, 1.165) is 0 Å². The molecular weight excluding hydrogens is 268 g/mol. The van der Waals surface area contributed by atoms with Crippen LogP contribution in [0.15, 0.2) is 48.5 Å². The molecule has 0 aliphatic heterocycles. The molecule has 2 aromatic rings. The summed E-state index contributed by atoms with van der Waals surface area (Å²) >= 11 is 0. The van der Waals surface area contributed by atoms with E-state index in [9.17, 15) is 0 Å². The monoisotopic (exact) mass is 302 g/mol. The van der Waals surface area contributed by atoms with E-state index in [4.69, 9.17) is 0 Å². The molecule has 22 heavy (non-hydrogen) atoms. The minimum atomic E-state index is 1.21. The Hall–Kier alpha value is -1.38. The van der Waals surface area contributed by atoms with Crippen molar-refractivity contribution in [2.45, 2.75) is 40.0 Å². The topological polar surface area (TPSA) is 29.3 Å². The summed E-state index contributed by atoms with van der Waals surface area (Å²) in [5.41, 5.74) is 4.50. The molecule has 2 nitrogen and oxygen atoms in total.